The Hall–Kier alpha value is -2.42. The number of aliphatic hydroxyl groups excluding tert-OH is 1. The minimum absolute atomic E-state index is 0.0849. The fourth-order valence-corrected chi connectivity index (χ4v) is 2.02. The molecule has 1 radical (unpaired) electrons. The summed E-state index contributed by atoms with van der Waals surface area (Å²) in [7, 11) is 0. The van der Waals surface area contributed by atoms with Crippen LogP contribution in [0.5, 0.6) is 0 Å². The van der Waals surface area contributed by atoms with Crippen molar-refractivity contribution in [2.24, 2.45) is 0 Å². The van der Waals surface area contributed by atoms with Crippen molar-refractivity contribution in [3.63, 3.8) is 0 Å². The number of aromatic nitrogens is 1. The van der Waals surface area contributed by atoms with Gasteiger partial charge in [-0.15, -0.1) is 0 Å². The molecule has 1 aromatic carbocycles. The molecule has 2 aromatic rings. The predicted molar refractivity (Wildman–Crippen MR) is 83.7 cm³/mol. The van der Waals surface area contributed by atoms with Crippen LogP contribution in [0.1, 0.15) is 19.0 Å². The van der Waals surface area contributed by atoms with Crippen molar-refractivity contribution >= 4 is 5.78 Å². The highest BCUT2D eigenvalue weighted by Gasteiger charge is 2.02. The van der Waals surface area contributed by atoms with Gasteiger partial charge in [0.15, 0.2) is 5.78 Å². The third-order valence-corrected chi connectivity index (χ3v) is 2.95. The molecule has 0 aliphatic carbocycles. The maximum Gasteiger partial charge on any atom is 0.155 e. The first-order valence-corrected chi connectivity index (χ1v) is 6.88. The molecule has 0 aliphatic rings. The van der Waals surface area contributed by atoms with Gasteiger partial charge in [0.05, 0.1) is 11.5 Å². The van der Waals surface area contributed by atoms with E-state index in [-0.39, 0.29) is 11.5 Å². The fourth-order valence-electron chi connectivity index (χ4n) is 2.02. The van der Waals surface area contributed by atoms with Gasteiger partial charge in [-0.05, 0) is 31.9 Å². The summed E-state index contributed by atoms with van der Waals surface area (Å²) in [5, 5.41) is 9.52. The molecule has 0 saturated carbocycles. The monoisotopic (exact) mass is 280 g/mol. The largest absolute Gasteiger partial charge is 0.512 e. The van der Waals surface area contributed by atoms with Gasteiger partial charge in [-0.25, -0.2) is 0 Å². The predicted octanol–water partition coefficient (Wildman–Crippen LogP) is 3.92. The Morgan fingerprint density at radius 2 is 1.90 bits per heavy atom. The summed E-state index contributed by atoms with van der Waals surface area (Å²) in [6, 6.07) is 15.9. The van der Waals surface area contributed by atoms with Crippen molar-refractivity contribution in [2.75, 3.05) is 0 Å². The van der Waals surface area contributed by atoms with Crippen LogP contribution in [-0.4, -0.2) is 15.9 Å². The van der Waals surface area contributed by atoms with E-state index in [1.807, 2.05) is 55.0 Å². The number of allylic oxidation sites excluding steroid dienone is 2. The number of benzene rings is 1. The summed E-state index contributed by atoms with van der Waals surface area (Å²) in [4.78, 5) is 15.4. The molecule has 0 unspecified atom stereocenters. The Kier molecular flexibility index (Phi) is 5.27. The molecule has 1 N–H and O–H groups in total. The molecule has 3 heteroatoms. The van der Waals surface area contributed by atoms with E-state index >= 15 is 0 Å². The molecule has 0 aliphatic heterocycles. The summed E-state index contributed by atoms with van der Waals surface area (Å²) >= 11 is 0. The molecule has 1 heterocycles. The maximum atomic E-state index is 10.8. The summed E-state index contributed by atoms with van der Waals surface area (Å²) in [6.07, 6.45) is 4.17. The van der Waals surface area contributed by atoms with Crippen molar-refractivity contribution in [3.8, 4) is 11.3 Å². The molecule has 0 bridgehead atoms. The van der Waals surface area contributed by atoms with E-state index in [0.29, 0.717) is 12.8 Å². The quantitative estimate of drug-likeness (QED) is 0.644. The summed E-state index contributed by atoms with van der Waals surface area (Å²) < 4.78 is 0. The highest BCUT2D eigenvalue weighted by atomic mass is 16.3. The third-order valence-electron chi connectivity index (χ3n) is 2.95. The topological polar surface area (TPSA) is 50.2 Å². The molecule has 3 nitrogen and oxygen atoms in total. The van der Waals surface area contributed by atoms with Crippen molar-refractivity contribution in [2.45, 2.75) is 19.8 Å². The van der Waals surface area contributed by atoms with Gasteiger partial charge in [-0.2, -0.15) is 0 Å². The van der Waals surface area contributed by atoms with Crippen LogP contribution >= 0.6 is 0 Å². The number of nitrogens with zero attached hydrogens (tertiary/aromatic N) is 1. The first kappa shape index (κ1) is 15.0. The number of hydrogen-bond donors (Lipinski definition) is 1. The summed E-state index contributed by atoms with van der Waals surface area (Å²) in [6.45, 7) is 1.42. The van der Waals surface area contributed by atoms with Gasteiger partial charge in [-0.1, -0.05) is 36.4 Å². The standard InChI is InChI=1S/C18H18NO2/c1-14(20)13-17(21)11-5-9-16-10-6-12-18(19-16)15-7-3-2-4-8-15/h2-8,10,12-13,21H,9,11H2,1H3/b17-13-. The molecule has 0 saturated heterocycles. The lowest BCUT2D eigenvalue weighted by atomic mass is 10.1. The lowest BCUT2D eigenvalue weighted by Gasteiger charge is -2.04. The molecule has 2 rings (SSSR count). The molecule has 107 valence electrons. The molecular weight excluding hydrogens is 262 g/mol. The third kappa shape index (κ3) is 4.88. The van der Waals surface area contributed by atoms with Gasteiger partial charge < -0.3 is 5.11 Å². The highest BCUT2D eigenvalue weighted by molar-refractivity contribution is 5.87. The second-order valence-corrected chi connectivity index (χ2v) is 4.82. The second-order valence-electron chi connectivity index (χ2n) is 4.82. The van der Waals surface area contributed by atoms with E-state index in [0.717, 1.165) is 17.0 Å². The lowest BCUT2D eigenvalue weighted by Crippen LogP contribution is -1.95. The van der Waals surface area contributed by atoms with E-state index in [2.05, 4.69) is 4.98 Å². The minimum Gasteiger partial charge on any atom is -0.512 e. The highest BCUT2D eigenvalue weighted by Crippen LogP contribution is 2.17. The van der Waals surface area contributed by atoms with Gasteiger partial charge in [0, 0.05) is 23.8 Å². The van der Waals surface area contributed by atoms with Crippen LogP contribution in [0.3, 0.4) is 0 Å². The zero-order valence-electron chi connectivity index (χ0n) is 12.0. The van der Waals surface area contributed by atoms with Crippen LogP contribution in [-0.2, 0) is 11.2 Å². The zero-order chi connectivity index (χ0) is 15.1. The van der Waals surface area contributed by atoms with Crippen LogP contribution in [0.4, 0.5) is 0 Å². The van der Waals surface area contributed by atoms with Gasteiger partial charge in [0.2, 0.25) is 0 Å². The smallest absolute Gasteiger partial charge is 0.155 e. The average molecular weight is 280 g/mol. The number of hydrogen-bond acceptors (Lipinski definition) is 3. The van der Waals surface area contributed by atoms with Crippen LogP contribution in [0.2, 0.25) is 0 Å². The molecule has 21 heavy (non-hydrogen) atoms. The summed E-state index contributed by atoms with van der Waals surface area (Å²) in [5.41, 5.74) is 2.95. The number of pyridine rings is 1. The lowest BCUT2D eigenvalue weighted by molar-refractivity contribution is -0.112. The van der Waals surface area contributed by atoms with Crippen LogP contribution in [0.25, 0.3) is 11.3 Å². The fraction of sp³-hybridized carbons (Fsp3) is 0.167. The zero-order valence-corrected chi connectivity index (χ0v) is 12.0. The Labute approximate surface area is 125 Å². The van der Waals surface area contributed by atoms with E-state index in [4.69, 9.17) is 0 Å². The normalized spacial score (nSPS) is 11.4. The van der Waals surface area contributed by atoms with Crippen LogP contribution in [0.15, 0.2) is 60.4 Å². The van der Waals surface area contributed by atoms with Crippen molar-refractivity contribution in [3.05, 3.63) is 72.5 Å². The number of ketones is 1. The molecule has 0 fully saturated rings. The molecule has 0 spiro atoms. The Morgan fingerprint density at radius 3 is 2.62 bits per heavy atom. The number of carbonyl (C=O) groups excluding carboxylic acids is 1. The molecular formula is C18H18NO2. The molecule has 1 aromatic heterocycles. The van der Waals surface area contributed by atoms with E-state index in [9.17, 15) is 9.90 Å². The van der Waals surface area contributed by atoms with Crippen LogP contribution < -0.4 is 0 Å². The molecule has 0 amide bonds. The van der Waals surface area contributed by atoms with Crippen molar-refractivity contribution < 1.29 is 9.90 Å². The maximum absolute atomic E-state index is 10.8. The van der Waals surface area contributed by atoms with Gasteiger partial charge in [0.1, 0.15) is 0 Å². The number of rotatable bonds is 6. The van der Waals surface area contributed by atoms with Crippen LogP contribution in [0, 0.1) is 6.42 Å². The SMILES string of the molecule is CC(=O)/C=C(\O)C[CH]Cc1cccc(-c2ccccc2)n1. The van der Waals surface area contributed by atoms with E-state index in [1.165, 1.54) is 13.0 Å². The first-order chi connectivity index (χ1) is 10.1. The Morgan fingerprint density at radius 1 is 1.14 bits per heavy atom. The van der Waals surface area contributed by atoms with E-state index < -0.39 is 0 Å². The Balaban J connectivity index is 1.98. The summed E-state index contributed by atoms with van der Waals surface area (Å²) in [5.74, 6) is -0.0631. The second kappa shape index (κ2) is 7.39. The minimum atomic E-state index is -0.148. The van der Waals surface area contributed by atoms with Crippen molar-refractivity contribution in [1.29, 1.82) is 0 Å². The van der Waals surface area contributed by atoms with Crippen molar-refractivity contribution in [1.82, 2.24) is 4.98 Å². The van der Waals surface area contributed by atoms with Gasteiger partial charge in [0.25, 0.3) is 0 Å². The Bertz CT molecular complexity index is 633. The van der Waals surface area contributed by atoms with Gasteiger partial charge >= 0.3 is 0 Å². The van der Waals surface area contributed by atoms with E-state index in [1.54, 1.807) is 0 Å². The van der Waals surface area contributed by atoms with Gasteiger partial charge in [-0.3, -0.25) is 9.78 Å². The average Bonchev–Trinajstić information content (AvgIpc) is 2.48. The molecule has 0 atom stereocenters. The number of aliphatic hydroxyl groups is 1. The first-order valence-electron chi connectivity index (χ1n) is 6.88. The number of carbonyl (C=O) groups is 1.